The lowest BCUT2D eigenvalue weighted by Crippen LogP contribution is -2.17. The van der Waals surface area contributed by atoms with Crippen LogP contribution >= 0.6 is 0 Å². The predicted octanol–water partition coefficient (Wildman–Crippen LogP) is 2.84. The van der Waals surface area contributed by atoms with Crippen molar-refractivity contribution in [3.63, 3.8) is 0 Å². The van der Waals surface area contributed by atoms with E-state index >= 15 is 0 Å². The van der Waals surface area contributed by atoms with Crippen molar-refractivity contribution in [1.82, 2.24) is 9.55 Å². The maximum atomic E-state index is 4.44. The Morgan fingerprint density at radius 2 is 2.20 bits per heavy atom. The van der Waals surface area contributed by atoms with E-state index in [-0.39, 0.29) is 5.41 Å². The minimum absolute atomic E-state index is 0.262. The van der Waals surface area contributed by atoms with E-state index in [2.05, 4.69) is 48.4 Å². The zero-order chi connectivity index (χ0) is 11.5. The largest absolute Gasteiger partial charge is 0.352 e. The van der Waals surface area contributed by atoms with Gasteiger partial charge in [-0.1, -0.05) is 26.8 Å². The van der Waals surface area contributed by atoms with Crippen molar-refractivity contribution in [1.29, 1.82) is 0 Å². The van der Waals surface area contributed by atoms with Crippen LogP contribution in [0.15, 0.2) is 18.9 Å². The zero-order valence-corrected chi connectivity index (χ0v) is 10.2. The molecule has 0 bridgehead atoms. The zero-order valence-electron chi connectivity index (χ0n) is 10.2. The molecule has 3 nitrogen and oxygen atoms in total. The first-order chi connectivity index (χ1) is 6.92. The molecular formula is C12H21N3. The summed E-state index contributed by atoms with van der Waals surface area (Å²) in [5.74, 6) is 0.933. The number of rotatable bonds is 4. The molecular weight excluding hydrogens is 186 g/mol. The van der Waals surface area contributed by atoms with Crippen LogP contribution in [-0.4, -0.2) is 16.1 Å². The van der Waals surface area contributed by atoms with Crippen molar-refractivity contribution >= 4 is 5.95 Å². The topological polar surface area (TPSA) is 29.9 Å². The average molecular weight is 207 g/mol. The van der Waals surface area contributed by atoms with E-state index in [1.807, 2.05) is 13.0 Å². The van der Waals surface area contributed by atoms with Crippen LogP contribution in [0.2, 0.25) is 0 Å². The van der Waals surface area contributed by atoms with Gasteiger partial charge in [-0.15, -0.1) is 6.58 Å². The maximum Gasteiger partial charge on any atom is 0.203 e. The second-order valence-corrected chi connectivity index (χ2v) is 5.06. The standard InChI is InChI=1S/C12H21N3/c1-6-7-13-11-14-10(2)8-15(11)9-12(3,4)5/h6,8H,1,7,9H2,2-5H3,(H,13,14). The first kappa shape index (κ1) is 11.8. The third-order valence-corrected chi connectivity index (χ3v) is 1.95. The van der Waals surface area contributed by atoms with Gasteiger partial charge in [-0.05, 0) is 12.3 Å². The SMILES string of the molecule is C=CCNc1nc(C)cn1CC(C)(C)C. The van der Waals surface area contributed by atoms with Gasteiger partial charge in [0.15, 0.2) is 0 Å². The monoisotopic (exact) mass is 207 g/mol. The van der Waals surface area contributed by atoms with Gasteiger partial charge in [0.05, 0.1) is 5.69 Å². The molecule has 0 aliphatic carbocycles. The molecule has 0 aliphatic heterocycles. The van der Waals surface area contributed by atoms with Gasteiger partial charge in [0, 0.05) is 19.3 Å². The van der Waals surface area contributed by atoms with Gasteiger partial charge in [-0.3, -0.25) is 0 Å². The molecule has 1 aromatic heterocycles. The molecule has 0 amide bonds. The van der Waals surface area contributed by atoms with Crippen molar-refractivity contribution < 1.29 is 0 Å². The second-order valence-electron chi connectivity index (χ2n) is 5.06. The van der Waals surface area contributed by atoms with Gasteiger partial charge in [0.1, 0.15) is 0 Å². The van der Waals surface area contributed by atoms with Crippen LogP contribution in [-0.2, 0) is 6.54 Å². The first-order valence-corrected chi connectivity index (χ1v) is 5.31. The first-order valence-electron chi connectivity index (χ1n) is 5.31. The predicted molar refractivity (Wildman–Crippen MR) is 65.1 cm³/mol. The number of anilines is 1. The van der Waals surface area contributed by atoms with E-state index in [9.17, 15) is 0 Å². The molecule has 0 radical (unpaired) electrons. The van der Waals surface area contributed by atoms with Gasteiger partial charge in [-0.2, -0.15) is 0 Å². The number of hydrogen-bond acceptors (Lipinski definition) is 2. The van der Waals surface area contributed by atoms with E-state index < -0.39 is 0 Å². The molecule has 0 saturated carbocycles. The summed E-state index contributed by atoms with van der Waals surface area (Å²) in [6, 6.07) is 0. The van der Waals surface area contributed by atoms with Crippen LogP contribution in [0, 0.1) is 12.3 Å². The normalized spacial score (nSPS) is 11.5. The lowest BCUT2D eigenvalue weighted by atomic mass is 9.97. The van der Waals surface area contributed by atoms with Crippen LogP contribution in [0.1, 0.15) is 26.5 Å². The van der Waals surface area contributed by atoms with Crippen molar-refractivity contribution in [3.8, 4) is 0 Å². The Balaban J connectivity index is 2.81. The van der Waals surface area contributed by atoms with E-state index in [0.717, 1.165) is 24.7 Å². The minimum Gasteiger partial charge on any atom is -0.352 e. The van der Waals surface area contributed by atoms with Crippen LogP contribution < -0.4 is 5.32 Å². The molecule has 0 saturated heterocycles. The lowest BCUT2D eigenvalue weighted by Gasteiger charge is -2.20. The Morgan fingerprint density at radius 3 is 2.73 bits per heavy atom. The number of hydrogen-bond donors (Lipinski definition) is 1. The summed E-state index contributed by atoms with van der Waals surface area (Å²) < 4.78 is 2.17. The lowest BCUT2D eigenvalue weighted by molar-refractivity contribution is 0.345. The molecule has 0 fully saturated rings. The molecule has 1 heterocycles. The summed E-state index contributed by atoms with van der Waals surface area (Å²) in [5, 5.41) is 3.24. The molecule has 0 spiro atoms. The van der Waals surface area contributed by atoms with Crippen molar-refractivity contribution in [2.24, 2.45) is 5.41 Å². The van der Waals surface area contributed by atoms with Crippen molar-refractivity contribution in [2.75, 3.05) is 11.9 Å². The third kappa shape index (κ3) is 3.78. The van der Waals surface area contributed by atoms with Gasteiger partial charge in [0.2, 0.25) is 5.95 Å². The Hall–Kier alpha value is -1.25. The fourth-order valence-electron chi connectivity index (χ4n) is 1.48. The summed E-state index contributed by atoms with van der Waals surface area (Å²) in [4.78, 5) is 4.44. The number of aromatic nitrogens is 2. The molecule has 15 heavy (non-hydrogen) atoms. The highest BCUT2D eigenvalue weighted by atomic mass is 15.2. The summed E-state index contributed by atoms with van der Waals surface area (Å²) in [6.45, 7) is 14.1. The highest BCUT2D eigenvalue weighted by molar-refractivity contribution is 5.29. The van der Waals surface area contributed by atoms with E-state index in [4.69, 9.17) is 0 Å². The fraction of sp³-hybridized carbons (Fsp3) is 0.583. The van der Waals surface area contributed by atoms with E-state index in [1.54, 1.807) is 0 Å². The molecule has 0 aromatic carbocycles. The molecule has 0 aliphatic rings. The second kappa shape index (κ2) is 4.51. The molecule has 84 valence electrons. The Kier molecular flexibility index (Phi) is 3.56. The Bertz CT molecular complexity index is 331. The van der Waals surface area contributed by atoms with Gasteiger partial charge in [0.25, 0.3) is 0 Å². The smallest absolute Gasteiger partial charge is 0.203 e. The number of imidazole rings is 1. The minimum atomic E-state index is 0.262. The quantitative estimate of drug-likeness (QED) is 0.769. The molecule has 0 unspecified atom stereocenters. The van der Waals surface area contributed by atoms with Crippen molar-refractivity contribution in [3.05, 3.63) is 24.5 Å². The summed E-state index contributed by atoms with van der Waals surface area (Å²) in [7, 11) is 0. The molecule has 3 heteroatoms. The van der Waals surface area contributed by atoms with E-state index in [1.165, 1.54) is 0 Å². The molecule has 0 atom stereocenters. The summed E-state index contributed by atoms with van der Waals surface area (Å²) >= 11 is 0. The third-order valence-electron chi connectivity index (χ3n) is 1.95. The van der Waals surface area contributed by atoms with Crippen LogP contribution in [0.4, 0.5) is 5.95 Å². The highest BCUT2D eigenvalue weighted by Gasteiger charge is 2.14. The van der Waals surface area contributed by atoms with Gasteiger partial charge >= 0.3 is 0 Å². The highest BCUT2D eigenvalue weighted by Crippen LogP contribution is 2.19. The number of nitrogens with zero attached hydrogens (tertiary/aromatic N) is 2. The fourth-order valence-corrected chi connectivity index (χ4v) is 1.48. The number of aryl methyl sites for hydroxylation is 1. The Morgan fingerprint density at radius 1 is 1.53 bits per heavy atom. The molecule has 1 N–H and O–H groups in total. The van der Waals surface area contributed by atoms with Crippen LogP contribution in [0.5, 0.6) is 0 Å². The summed E-state index contributed by atoms with van der Waals surface area (Å²) in [6.07, 6.45) is 3.92. The van der Waals surface area contributed by atoms with Crippen LogP contribution in [0.25, 0.3) is 0 Å². The average Bonchev–Trinajstić information content (AvgIpc) is 2.39. The number of nitrogens with one attached hydrogen (secondary N) is 1. The molecule has 1 aromatic rings. The Labute approximate surface area is 92.2 Å². The van der Waals surface area contributed by atoms with Crippen molar-refractivity contribution in [2.45, 2.75) is 34.2 Å². The maximum absolute atomic E-state index is 4.44. The summed E-state index contributed by atoms with van der Waals surface area (Å²) in [5.41, 5.74) is 1.31. The molecule has 1 rings (SSSR count). The van der Waals surface area contributed by atoms with Gasteiger partial charge in [-0.25, -0.2) is 4.98 Å². The van der Waals surface area contributed by atoms with Crippen LogP contribution in [0.3, 0.4) is 0 Å². The van der Waals surface area contributed by atoms with Gasteiger partial charge < -0.3 is 9.88 Å². The van der Waals surface area contributed by atoms with E-state index in [0.29, 0.717) is 0 Å².